The molecule has 1 fully saturated rings. The van der Waals surface area contributed by atoms with Crippen molar-refractivity contribution in [2.24, 2.45) is 0 Å². The fraction of sp³-hybridized carbons (Fsp3) is 0.423. The highest BCUT2D eigenvalue weighted by molar-refractivity contribution is 5.90. The van der Waals surface area contributed by atoms with E-state index in [1.165, 1.54) is 4.90 Å². The summed E-state index contributed by atoms with van der Waals surface area (Å²) < 4.78 is 5.12. The molecule has 2 aromatic heterocycles. The first-order chi connectivity index (χ1) is 18.0. The van der Waals surface area contributed by atoms with Crippen LogP contribution in [0.5, 0.6) is 0 Å². The van der Waals surface area contributed by atoms with Crippen molar-refractivity contribution in [3.05, 3.63) is 60.4 Å². The number of amides is 2. The molecule has 11 heteroatoms. The first kappa shape index (κ1) is 25.9. The van der Waals surface area contributed by atoms with Crippen molar-refractivity contribution >= 4 is 17.8 Å². The molecule has 37 heavy (non-hydrogen) atoms. The Morgan fingerprint density at radius 2 is 1.84 bits per heavy atom. The summed E-state index contributed by atoms with van der Waals surface area (Å²) in [4.78, 5) is 46.4. The molecular formula is C26H31N7O4. The summed E-state index contributed by atoms with van der Waals surface area (Å²) in [5.74, 6) is -1.19. The number of benzene rings is 1. The van der Waals surface area contributed by atoms with Crippen LogP contribution in [0.2, 0.25) is 0 Å². The van der Waals surface area contributed by atoms with Crippen LogP contribution in [-0.2, 0) is 25.7 Å². The molecule has 194 valence electrons. The van der Waals surface area contributed by atoms with Crippen molar-refractivity contribution in [3.8, 4) is 11.4 Å². The van der Waals surface area contributed by atoms with Gasteiger partial charge in [0.25, 0.3) is 0 Å². The van der Waals surface area contributed by atoms with Gasteiger partial charge in [0.05, 0.1) is 12.3 Å². The normalized spacial score (nSPS) is 14.5. The Morgan fingerprint density at radius 1 is 1.08 bits per heavy atom. The Balaban J connectivity index is 1.61. The van der Waals surface area contributed by atoms with Crippen LogP contribution < -0.4 is 5.32 Å². The Morgan fingerprint density at radius 3 is 2.54 bits per heavy atom. The maximum Gasteiger partial charge on any atom is 0.325 e. The number of carbonyl (C=O) groups is 3. The van der Waals surface area contributed by atoms with Crippen molar-refractivity contribution < 1.29 is 19.1 Å². The molecular weight excluding hydrogens is 474 g/mol. The van der Waals surface area contributed by atoms with Gasteiger partial charge in [0, 0.05) is 17.8 Å². The van der Waals surface area contributed by atoms with Gasteiger partial charge in [-0.15, -0.1) is 10.2 Å². The summed E-state index contributed by atoms with van der Waals surface area (Å²) >= 11 is 0. The van der Waals surface area contributed by atoms with Crippen molar-refractivity contribution in [1.82, 2.24) is 35.4 Å². The molecule has 0 aliphatic heterocycles. The fourth-order valence-electron chi connectivity index (χ4n) is 4.39. The van der Waals surface area contributed by atoms with E-state index in [0.29, 0.717) is 11.5 Å². The van der Waals surface area contributed by atoms with Crippen LogP contribution in [0.25, 0.3) is 11.4 Å². The van der Waals surface area contributed by atoms with Gasteiger partial charge in [-0.1, -0.05) is 55.7 Å². The Labute approximate surface area is 215 Å². The van der Waals surface area contributed by atoms with Crippen molar-refractivity contribution in [1.29, 1.82) is 0 Å². The third kappa shape index (κ3) is 6.96. The van der Waals surface area contributed by atoms with Crippen LogP contribution in [0.15, 0.2) is 54.7 Å². The second-order valence-corrected chi connectivity index (χ2v) is 8.84. The summed E-state index contributed by atoms with van der Waals surface area (Å²) in [7, 11) is 0. The maximum absolute atomic E-state index is 13.6. The number of aromatic nitrogens is 5. The average molecular weight is 506 g/mol. The number of hydrogen-bond donors (Lipinski definition) is 1. The molecule has 0 saturated heterocycles. The quantitative estimate of drug-likeness (QED) is 0.415. The highest BCUT2D eigenvalue weighted by Gasteiger charge is 2.35. The molecule has 1 saturated carbocycles. The molecule has 0 radical (unpaired) electrons. The van der Waals surface area contributed by atoms with Gasteiger partial charge >= 0.3 is 5.97 Å². The zero-order valence-corrected chi connectivity index (χ0v) is 20.8. The zero-order chi connectivity index (χ0) is 26.0. The second-order valence-electron chi connectivity index (χ2n) is 8.84. The van der Waals surface area contributed by atoms with Gasteiger partial charge in [0.2, 0.25) is 17.6 Å². The third-order valence-corrected chi connectivity index (χ3v) is 6.17. The van der Waals surface area contributed by atoms with Crippen LogP contribution in [0.1, 0.15) is 50.8 Å². The fourth-order valence-corrected chi connectivity index (χ4v) is 4.39. The zero-order valence-electron chi connectivity index (χ0n) is 20.8. The van der Waals surface area contributed by atoms with E-state index >= 15 is 0 Å². The van der Waals surface area contributed by atoms with Crippen LogP contribution in [0.3, 0.4) is 0 Å². The molecule has 2 amide bonds. The second kappa shape index (κ2) is 12.7. The van der Waals surface area contributed by atoms with Gasteiger partial charge in [-0.2, -0.15) is 4.80 Å². The predicted octanol–water partition coefficient (Wildman–Crippen LogP) is 2.32. The molecule has 1 aliphatic rings. The number of ether oxygens (including phenoxy) is 1. The van der Waals surface area contributed by atoms with E-state index in [4.69, 9.17) is 4.74 Å². The van der Waals surface area contributed by atoms with Crippen LogP contribution in [-0.4, -0.2) is 67.1 Å². The highest BCUT2D eigenvalue weighted by Crippen LogP contribution is 2.23. The van der Waals surface area contributed by atoms with Crippen LogP contribution >= 0.6 is 0 Å². The number of tetrazole rings is 1. The molecule has 2 heterocycles. The van der Waals surface area contributed by atoms with Gasteiger partial charge in [-0.05, 0) is 37.1 Å². The van der Waals surface area contributed by atoms with Gasteiger partial charge in [-0.25, -0.2) is 0 Å². The van der Waals surface area contributed by atoms with E-state index in [1.54, 1.807) is 31.3 Å². The minimum Gasteiger partial charge on any atom is -0.465 e. The Hall–Kier alpha value is -4.15. The first-order valence-electron chi connectivity index (χ1n) is 12.5. The molecule has 1 aliphatic carbocycles. The number of rotatable bonds is 10. The number of carbonyl (C=O) groups excluding carboxylic acids is 3. The minimum atomic E-state index is -1.13. The highest BCUT2D eigenvalue weighted by atomic mass is 16.5. The summed E-state index contributed by atoms with van der Waals surface area (Å²) in [5, 5.41) is 15.4. The van der Waals surface area contributed by atoms with Gasteiger partial charge in [-0.3, -0.25) is 19.4 Å². The lowest BCUT2D eigenvalue weighted by atomic mass is 9.95. The van der Waals surface area contributed by atoms with Crippen LogP contribution in [0.4, 0.5) is 0 Å². The molecule has 3 aromatic rings. The summed E-state index contributed by atoms with van der Waals surface area (Å²) in [5.41, 5.74) is 1.10. The smallest absolute Gasteiger partial charge is 0.325 e. The molecule has 1 atom stereocenters. The summed E-state index contributed by atoms with van der Waals surface area (Å²) in [6.07, 6.45) is 6.50. The van der Waals surface area contributed by atoms with E-state index in [-0.39, 0.29) is 25.1 Å². The average Bonchev–Trinajstić information content (AvgIpc) is 3.38. The largest absolute Gasteiger partial charge is 0.465 e. The van der Waals surface area contributed by atoms with E-state index < -0.39 is 24.5 Å². The summed E-state index contributed by atoms with van der Waals surface area (Å²) in [6.45, 7) is 1.08. The molecule has 0 bridgehead atoms. The SMILES string of the molecule is CCOC(=O)CN(C(=O)Cn1nnc(-c2ccccc2)n1)[C@@H](C(=O)NC1CCCCC1)c1ccccn1. The number of pyridine rings is 1. The van der Waals surface area contributed by atoms with Gasteiger partial charge in [0.15, 0.2) is 6.04 Å². The molecule has 1 N–H and O–H groups in total. The molecule has 1 aromatic carbocycles. The number of nitrogens with one attached hydrogen (secondary N) is 1. The van der Waals surface area contributed by atoms with Crippen molar-refractivity contribution in [3.63, 3.8) is 0 Å². The third-order valence-electron chi connectivity index (χ3n) is 6.17. The summed E-state index contributed by atoms with van der Waals surface area (Å²) in [6, 6.07) is 13.3. The van der Waals surface area contributed by atoms with Crippen LogP contribution in [0, 0.1) is 0 Å². The Bertz CT molecular complexity index is 1180. The first-order valence-corrected chi connectivity index (χ1v) is 12.5. The molecule has 11 nitrogen and oxygen atoms in total. The minimum absolute atomic E-state index is 0.0115. The monoisotopic (exact) mass is 505 g/mol. The number of nitrogens with zero attached hydrogens (tertiary/aromatic N) is 6. The topological polar surface area (TPSA) is 132 Å². The lowest BCUT2D eigenvalue weighted by Gasteiger charge is -2.32. The van der Waals surface area contributed by atoms with Gasteiger partial charge < -0.3 is 15.0 Å². The number of esters is 1. The molecule has 0 unspecified atom stereocenters. The number of hydrogen-bond acceptors (Lipinski definition) is 8. The molecule has 0 spiro atoms. The standard InChI is InChI=1S/C26H31N7O4/c1-2-37-23(35)18-32(22(34)17-33-30-25(29-31-33)19-11-5-3-6-12-19)24(21-15-9-10-16-27-21)26(36)28-20-13-7-4-8-14-20/h3,5-6,9-12,15-16,20,24H,2,4,7-8,13-14,17-18H2,1H3,(H,28,36)/t24-/m1/s1. The predicted molar refractivity (Wildman–Crippen MR) is 134 cm³/mol. The van der Waals surface area contributed by atoms with E-state index in [9.17, 15) is 14.4 Å². The van der Waals surface area contributed by atoms with Crippen molar-refractivity contribution in [2.75, 3.05) is 13.2 Å². The van der Waals surface area contributed by atoms with Gasteiger partial charge in [0.1, 0.15) is 13.1 Å². The molecule has 4 rings (SSSR count). The van der Waals surface area contributed by atoms with E-state index in [0.717, 1.165) is 42.5 Å². The Kier molecular flexibility index (Phi) is 8.90. The lowest BCUT2D eigenvalue weighted by molar-refractivity contribution is -0.153. The van der Waals surface area contributed by atoms with E-state index in [1.807, 2.05) is 30.3 Å². The van der Waals surface area contributed by atoms with E-state index in [2.05, 4.69) is 25.7 Å². The lowest BCUT2D eigenvalue weighted by Crippen LogP contribution is -2.49. The maximum atomic E-state index is 13.6. The van der Waals surface area contributed by atoms with Crippen molar-refractivity contribution in [2.45, 2.75) is 57.7 Å².